The highest BCUT2D eigenvalue weighted by Crippen LogP contribution is 2.22. The number of rotatable bonds is 5. The minimum Gasteiger partial charge on any atom is -0.330 e. The van der Waals surface area contributed by atoms with Crippen LogP contribution in [-0.4, -0.2) is 43.9 Å². The minimum atomic E-state index is 0.306. The maximum Gasteiger partial charge on any atom is 0.297 e. The Morgan fingerprint density at radius 3 is 2.37 bits per heavy atom. The van der Waals surface area contributed by atoms with Crippen molar-refractivity contribution in [2.24, 2.45) is 0 Å². The van der Waals surface area contributed by atoms with Gasteiger partial charge in [0.1, 0.15) is 5.82 Å². The lowest BCUT2D eigenvalue weighted by Crippen LogP contribution is -2.10. The monoisotopic (exact) mass is 360 g/mol. The fourth-order valence-electron chi connectivity index (χ4n) is 2.85. The third kappa shape index (κ3) is 3.63. The van der Waals surface area contributed by atoms with Crippen molar-refractivity contribution >= 4 is 0 Å². The van der Waals surface area contributed by atoms with Crippen LogP contribution in [0.25, 0.3) is 28.8 Å². The maximum absolute atomic E-state index is 5.40. The van der Waals surface area contributed by atoms with Crippen LogP contribution in [0.3, 0.4) is 0 Å². The van der Waals surface area contributed by atoms with E-state index in [4.69, 9.17) is 4.52 Å². The molecule has 0 N–H and O–H groups in total. The summed E-state index contributed by atoms with van der Waals surface area (Å²) in [5, 5.41) is 8.59. The van der Waals surface area contributed by atoms with Gasteiger partial charge in [-0.25, -0.2) is 9.67 Å². The lowest BCUT2D eigenvalue weighted by atomic mass is 10.1. The SMILES string of the molecule is Cc1nc(-c2nc(-c3ccc(CN(C)C)cc3)no2)nn1-c1ccccc1. The number of benzene rings is 2. The number of aryl methyl sites for hydroxylation is 1. The molecule has 0 unspecified atom stereocenters. The van der Waals surface area contributed by atoms with Crippen molar-refractivity contribution in [3.63, 3.8) is 0 Å². The fraction of sp³-hybridized carbons (Fsp3) is 0.200. The summed E-state index contributed by atoms with van der Waals surface area (Å²) in [6.45, 7) is 2.78. The Hall–Kier alpha value is -3.32. The van der Waals surface area contributed by atoms with Gasteiger partial charge in [-0.05, 0) is 38.7 Å². The van der Waals surface area contributed by atoms with Crippen LogP contribution in [0.2, 0.25) is 0 Å². The Balaban J connectivity index is 1.60. The van der Waals surface area contributed by atoms with E-state index in [1.54, 1.807) is 4.68 Å². The van der Waals surface area contributed by atoms with E-state index in [1.807, 2.05) is 63.5 Å². The molecule has 0 aliphatic carbocycles. The zero-order valence-electron chi connectivity index (χ0n) is 15.5. The van der Waals surface area contributed by atoms with E-state index in [2.05, 4.69) is 37.3 Å². The molecule has 0 atom stereocenters. The van der Waals surface area contributed by atoms with Gasteiger partial charge in [0.2, 0.25) is 11.6 Å². The molecule has 0 spiro atoms. The first-order valence-corrected chi connectivity index (χ1v) is 8.67. The number of nitrogens with zero attached hydrogens (tertiary/aromatic N) is 6. The fourth-order valence-corrected chi connectivity index (χ4v) is 2.85. The van der Waals surface area contributed by atoms with Crippen LogP contribution in [0.1, 0.15) is 11.4 Å². The largest absolute Gasteiger partial charge is 0.330 e. The second-order valence-corrected chi connectivity index (χ2v) is 6.59. The van der Waals surface area contributed by atoms with Gasteiger partial charge >= 0.3 is 0 Å². The summed E-state index contributed by atoms with van der Waals surface area (Å²) in [7, 11) is 4.09. The van der Waals surface area contributed by atoms with Gasteiger partial charge in [0.05, 0.1) is 5.69 Å². The van der Waals surface area contributed by atoms with E-state index in [-0.39, 0.29) is 0 Å². The highest BCUT2D eigenvalue weighted by molar-refractivity contribution is 5.57. The Morgan fingerprint density at radius 2 is 1.67 bits per heavy atom. The molecule has 7 nitrogen and oxygen atoms in total. The molecule has 0 amide bonds. The molecule has 4 aromatic rings. The van der Waals surface area contributed by atoms with Crippen molar-refractivity contribution in [2.75, 3.05) is 14.1 Å². The Bertz CT molecular complexity index is 1030. The van der Waals surface area contributed by atoms with Crippen LogP contribution in [0.5, 0.6) is 0 Å². The normalized spacial score (nSPS) is 11.3. The van der Waals surface area contributed by atoms with Gasteiger partial charge in [0, 0.05) is 12.1 Å². The highest BCUT2D eigenvalue weighted by Gasteiger charge is 2.17. The summed E-state index contributed by atoms with van der Waals surface area (Å²) >= 11 is 0. The number of hydrogen-bond acceptors (Lipinski definition) is 6. The van der Waals surface area contributed by atoms with Gasteiger partial charge in [-0.3, -0.25) is 0 Å². The Labute approximate surface area is 157 Å². The zero-order chi connectivity index (χ0) is 18.8. The van der Waals surface area contributed by atoms with E-state index in [0.717, 1.165) is 23.6 Å². The van der Waals surface area contributed by atoms with Gasteiger partial charge in [0.25, 0.3) is 5.89 Å². The molecule has 2 aromatic heterocycles. The van der Waals surface area contributed by atoms with Crippen molar-refractivity contribution in [1.29, 1.82) is 0 Å². The third-order valence-electron chi connectivity index (χ3n) is 4.10. The van der Waals surface area contributed by atoms with Crippen LogP contribution in [0.15, 0.2) is 59.1 Å². The predicted molar refractivity (Wildman–Crippen MR) is 102 cm³/mol. The lowest BCUT2D eigenvalue weighted by Gasteiger charge is -2.09. The quantitative estimate of drug-likeness (QED) is 0.543. The van der Waals surface area contributed by atoms with Crippen LogP contribution in [0, 0.1) is 6.92 Å². The molecular weight excluding hydrogens is 340 g/mol. The molecule has 0 saturated carbocycles. The predicted octanol–water partition coefficient (Wildman–Crippen LogP) is 3.35. The van der Waals surface area contributed by atoms with Crippen LogP contribution < -0.4 is 0 Å². The molecule has 27 heavy (non-hydrogen) atoms. The van der Waals surface area contributed by atoms with Gasteiger partial charge < -0.3 is 9.42 Å². The van der Waals surface area contributed by atoms with Crippen molar-refractivity contribution in [1.82, 2.24) is 29.8 Å². The van der Waals surface area contributed by atoms with Crippen LogP contribution in [-0.2, 0) is 6.54 Å². The average Bonchev–Trinajstić information content (AvgIpc) is 3.29. The maximum atomic E-state index is 5.40. The standard InChI is InChI=1S/C20H20N6O/c1-14-21-19(23-26(14)17-7-5-4-6-8-17)20-22-18(24-27-20)16-11-9-15(10-12-16)13-25(2)3/h4-12H,13H2,1-3H3. The Kier molecular flexibility index (Phi) is 4.52. The van der Waals surface area contributed by atoms with Crippen molar-refractivity contribution < 1.29 is 4.52 Å². The van der Waals surface area contributed by atoms with Gasteiger partial charge in [-0.15, -0.1) is 5.10 Å². The molecule has 0 bridgehead atoms. The van der Waals surface area contributed by atoms with Gasteiger partial charge in [-0.2, -0.15) is 4.98 Å². The summed E-state index contributed by atoms with van der Waals surface area (Å²) in [5.74, 6) is 2.00. The average molecular weight is 360 g/mol. The molecule has 0 radical (unpaired) electrons. The smallest absolute Gasteiger partial charge is 0.297 e. The van der Waals surface area contributed by atoms with E-state index < -0.39 is 0 Å². The van der Waals surface area contributed by atoms with E-state index in [0.29, 0.717) is 17.5 Å². The lowest BCUT2D eigenvalue weighted by molar-refractivity contribution is 0.402. The van der Waals surface area contributed by atoms with Crippen LogP contribution in [0.4, 0.5) is 0 Å². The molecule has 2 heterocycles. The summed E-state index contributed by atoms with van der Waals surface area (Å²) in [5.41, 5.74) is 3.06. The highest BCUT2D eigenvalue weighted by atomic mass is 16.5. The number of aromatic nitrogens is 5. The van der Waals surface area contributed by atoms with Gasteiger partial charge in [-0.1, -0.05) is 47.6 Å². The first-order chi connectivity index (χ1) is 13.1. The molecular formula is C20H20N6O. The first kappa shape index (κ1) is 17.1. The summed E-state index contributed by atoms with van der Waals surface area (Å²) < 4.78 is 7.16. The molecule has 0 saturated heterocycles. The second kappa shape index (κ2) is 7.13. The van der Waals surface area contributed by atoms with E-state index in [9.17, 15) is 0 Å². The number of hydrogen-bond donors (Lipinski definition) is 0. The molecule has 0 aliphatic rings. The van der Waals surface area contributed by atoms with Crippen LogP contribution >= 0.6 is 0 Å². The molecule has 4 rings (SSSR count). The van der Waals surface area contributed by atoms with Gasteiger partial charge in [0.15, 0.2) is 0 Å². The topological polar surface area (TPSA) is 72.9 Å². The van der Waals surface area contributed by atoms with Crippen molar-refractivity contribution in [3.8, 4) is 28.8 Å². The first-order valence-electron chi connectivity index (χ1n) is 8.67. The van der Waals surface area contributed by atoms with Crippen molar-refractivity contribution in [2.45, 2.75) is 13.5 Å². The number of para-hydroxylation sites is 1. The van der Waals surface area contributed by atoms with Crippen molar-refractivity contribution in [3.05, 3.63) is 66.0 Å². The zero-order valence-corrected chi connectivity index (χ0v) is 15.5. The van der Waals surface area contributed by atoms with E-state index >= 15 is 0 Å². The minimum absolute atomic E-state index is 0.306. The molecule has 7 heteroatoms. The third-order valence-corrected chi connectivity index (χ3v) is 4.10. The summed E-state index contributed by atoms with van der Waals surface area (Å²) in [6.07, 6.45) is 0. The molecule has 2 aromatic carbocycles. The Morgan fingerprint density at radius 1 is 0.926 bits per heavy atom. The second-order valence-electron chi connectivity index (χ2n) is 6.59. The summed E-state index contributed by atoms with van der Waals surface area (Å²) in [4.78, 5) is 11.0. The van der Waals surface area contributed by atoms with E-state index in [1.165, 1.54) is 5.56 Å². The molecule has 0 fully saturated rings. The molecule has 0 aliphatic heterocycles. The summed E-state index contributed by atoms with van der Waals surface area (Å²) in [6, 6.07) is 18.0. The molecule has 136 valence electrons.